The number of rotatable bonds is 9. The Bertz CT molecular complexity index is 1010. The van der Waals surface area contributed by atoms with Gasteiger partial charge in [-0.25, -0.2) is 4.98 Å². The van der Waals surface area contributed by atoms with Crippen molar-refractivity contribution < 1.29 is 9.59 Å². The lowest BCUT2D eigenvalue weighted by molar-refractivity contribution is -0.119. The first-order chi connectivity index (χ1) is 14.0. The zero-order valence-electron chi connectivity index (χ0n) is 16.8. The van der Waals surface area contributed by atoms with Gasteiger partial charge in [0.05, 0.1) is 27.7 Å². The molecule has 0 saturated heterocycles. The van der Waals surface area contributed by atoms with Crippen molar-refractivity contribution in [3.05, 3.63) is 64.9 Å². The summed E-state index contributed by atoms with van der Waals surface area (Å²) in [5, 5.41) is 3.38. The Kier molecular flexibility index (Phi) is 7.04. The van der Waals surface area contributed by atoms with Crippen LogP contribution in [0.1, 0.15) is 55.3 Å². The summed E-state index contributed by atoms with van der Waals surface area (Å²) in [6.07, 6.45) is 3.57. The van der Waals surface area contributed by atoms with Crippen LogP contribution in [0.4, 0.5) is 0 Å². The van der Waals surface area contributed by atoms with Crippen molar-refractivity contribution in [1.29, 1.82) is 0 Å². The van der Waals surface area contributed by atoms with E-state index in [1.54, 1.807) is 31.2 Å². The van der Waals surface area contributed by atoms with Crippen LogP contribution >= 0.6 is 11.6 Å². The molecule has 1 unspecified atom stereocenters. The van der Waals surface area contributed by atoms with Gasteiger partial charge in [0.25, 0.3) is 5.91 Å². The van der Waals surface area contributed by atoms with Gasteiger partial charge in [0.15, 0.2) is 5.78 Å². The maximum Gasteiger partial charge on any atom is 0.252 e. The van der Waals surface area contributed by atoms with Gasteiger partial charge in [-0.2, -0.15) is 0 Å². The van der Waals surface area contributed by atoms with Gasteiger partial charge >= 0.3 is 0 Å². The molecule has 29 heavy (non-hydrogen) atoms. The average Bonchev–Trinajstić information content (AvgIpc) is 3.08. The zero-order valence-corrected chi connectivity index (χ0v) is 17.6. The Labute approximate surface area is 176 Å². The standard InChI is InChI=1S/C23H26ClN3O2/c1-16(17(2)28)27-21-13-8-7-12-20(21)26-22(27)14-4-3-9-15-25-23(29)18-10-5-6-11-19(18)24/h5-8,10-13,16H,3-4,9,14-15H2,1-2H3,(H,25,29). The van der Waals surface area contributed by atoms with E-state index in [4.69, 9.17) is 16.6 Å². The first-order valence-corrected chi connectivity index (χ1v) is 10.4. The van der Waals surface area contributed by atoms with E-state index in [1.807, 2.05) is 31.2 Å². The minimum Gasteiger partial charge on any atom is -0.352 e. The number of nitrogens with zero attached hydrogens (tertiary/aromatic N) is 2. The number of imidazole rings is 1. The number of aromatic nitrogens is 2. The molecule has 0 fully saturated rings. The van der Waals surface area contributed by atoms with Crippen LogP contribution in [0.5, 0.6) is 0 Å². The molecule has 3 rings (SSSR count). The molecule has 0 saturated carbocycles. The molecule has 1 aromatic heterocycles. The molecule has 2 aromatic carbocycles. The largest absolute Gasteiger partial charge is 0.352 e. The predicted molar refractivity (Wildman–Crippen MR) is 116 cm³/mol. The Morgan fingerprint density at radius 2 is 1.79 bits per heavy atom. The van der Waals surface area contributed by atoms with Crippen LogP contribution in [-0.4, -0.2) is 27.8 Å². The minimum absolute atomic E-state index is 0.122. The second-order valence-corrected chi connectivity index (χ2v) is 7.63. The third-order valence-corrected chi connectivity index (χ3v) is 5.46. The van der Waals surface area contributed by atoms with Gasteiger partial charge in [0, 0.05) is 13.0 Å². The number of unbranched alkanes of at least 4 members (excludes halogenated alkanes) is 2. The number of nitrogens with one attached hydrogen (secondary N) is 1. The van der Waals surface area contributed by atoms with Gasteiger partial charge in [-0.15, -0.1) is 0 Å². The van der Waals surface area contributed by atoms with Gasteiger partial charge in [-0.3, -0.25) is 9.59 Å². The number of carbonyl (C=O) groups excluding carboxylic acids is 2. The fraction of sp³-hybridized carbons (Fsp3) is 0.348. The molecule has 1 N–H and O–H groups in total. The number of benzene rings is 2. The highest BCUT2D eigenvalue weighted by atomic mass is 35.5. The van der Waals surface area contributed by atoms with Gasteiger partial charge in [-0.05, 0) is 51.0 Å². The highest BCUT2D eigenvalue weighted by Crippen LogP contribution is 2.23. The van der Waals surface area contributed by atoms with Crippen molar-refractivity contribution in [3.63, 3.8) is 0 Å². The molecule has 1 atom stereocenters. The number of ketones is 1. The molecule has 1 heterocycles. The quantitative estimate of drug-likeness (QED) is 0.505. The van der Waals surface area contributed by atoms with E-state index < -0.39 is 0 Å². The summed E-state index contributed by atoms with van der Waals surface area (Å²) >= 11 is 6.05. The molecular weight excluding hydrogens is 386 g/mol. The minimum atomic E-state index is -0.229. The third-order valence-electron chi connectivity index (χ3n) is 5.13. The number of halogens is 1. The predicted octanol–water partition coefficient (Wildman–Crippen LogP) is 4.98. The molecule has 3 aromatic rings. The van der Waals surface area contributed by atoms with Crippen LogP contribution < -0.4 is 5.32 Å². The van der Waals surface area contributed by atoms with Gasteiger partial charge in [0.2, 0.25) is 0 Å². The Hall–Kier alpha value is -2.66. The normalized spacial score (nSPS) is 12.1. The number of fused-ring (bicyclic) bond motifs is 1. The number of para-hydroxylation sites is 2. The second-order valence-electron chi connectivity index (χ2n) is 7.22. The molecule has 0 bridgehead atoms. The van der Waals surface area contributed by atoms with Crippen molar-refractivity contribution >= 4 is 34.3 Å². The van der Waals surface area contributed by atoms with E-state index in [9.17, 15) is 9.59 Å². The van der Waals surface area contributed by atoms with E-state index in [2.05, 4.69) is 9.88 Å². The number of hydrogen-bond donors (Lipinski definition) is 1. The van der Waals surface area contributed by atoms with Crippen molar-refractivity contribution in [2.45, 2.75) is 45.6 Å². The molecule has 0 aliphatic carbocycles. The number of hydrogen-bond acceptors (Lipinski definition) is 3. The number of amides is 1. The molecule has 0 radical (unpaired) electrons. The first kappa shape index (κ1) is 21.1. The van der Waals surface area contributed by atoms with Gasteiger partial charge < -0.3 is 9.88 Å². The molecular formula is C23H26ClN3O2. The van der Waals surface area contributed by atoms with E-state index >= 15 is 0 Å². The van der Waals surface area contributed by atoms with Crippen molar-refractivity contribution in [2.24, 2.45) is 0 Å². The molecule has 152 valence electrons. The van der Waals surface area contributed by atoms with Gasteiger partial charge in [-0.1, -0.05) is 42.3 Å². The molecule has 0 spiro atoms. The van der Waals surface area contributed by atoms with E-state index in [1.165, 1.54) is 0 Å². The molecule has 5 nitrogen and oxygen atoms in total. The van der Waals surface area contributed by atoms with Crippen LogP contribution in [0.15, 0.2) is 48.5 Å². The van der Waals surface area contributed by atoms with E-state index in [0.717, 1.165) is 42.5 Å². The lowest BCUT2D eigenvalue weighted by Crippen LogP contribution is -2.24. The SMILES string of the molecule is CC(=O)C(C)n1c(CCCCCNC(=O)c2ccccc2Cl)nc2ccccc21. The van der Waals surface area contributed by atoms with Crippen LogP contribution in [0.25, 0.3) is 11.0 Å². The van der Waals surface area contributed by atoms with Crippen molar-refractivity contribution in [1.82, 2.24) is 14.9 Å². The van der Waals surface area contributed by atoms with E-state index in [0.29, 0.717) is 17.1 Å². The number of Topliss-reactive ketones (excluding diaryl/α,β-unsaturated/α-hetero) is 1. The van der Waals surface area contributed by atoms with Crippen LogP contribution in [0, 0.1) is 0 Å². The van der Waals surface area contributed by atoms with Crippen LogP contribution in [0.3, 0.4) is 0 Å². The fourth-order valence-corrected chi connectivity index (χ4v) is 3.63. The average molecular weight is 412 g/mol. The van der Waals surface area contributed by atoms with Crippen molar-refractivity contribution in [2.75, 3.05) is 6.54 Å². The Morgan fingerprint density at radius 3 is 2.55 bits per heavy atom. The Balaban J connectivity index is 1.53. The van der Waals surface area contributed by atoms with Crippen LogP contribution in [-0.2, 0) is 11.2 Å². The topological polar surface area (TPSA) is 64.0 Å². The highest BCUT2D eigenvalue weighted by molar-refractivity contribution is 6.33. The van der Waals surface area contributed by atoms with Gasteiger partial charge in [0.1, 0.15) is 5.82 Å². The summed E-state index contributed by atoms with van der Waals surface area (Å²) in [7, 11) is 0. The first-order valence-electron chi connectivity index (χ1n) is 9.98. The fourth-order valence-electron chi connectivity index (χ4n) is 3.41. The summed E-state index contributed by atoms with van der Waals surface area (Å²) in [5.74, 6) is 0.915. The summed E-state index contributed by atoms with van der Waals surface area (Å²) in [4.78, 5) is 28.9. The maximum atomic E-state index is 12.2. The van der Waals surface area contributed by atoms with E-state index in [-0.39, 0.29) is 17.7 Å². The van der Waals surface area contributed by atoms with Crippen molar-refractivity contribution in [3.8, 4) is 0 Å². The number of carbonyl (C=O) groups is 2. The summed E-state index contributed by atoms with van der Waals surface area (Å²) in [6, 6.07) is 14.7. The van der Waals surface area contributed by atoms with Crippen LogP contribution in [0.2, 0.25) is 5.02 Å². The molecule has 0 aliphatic rings. The molecule has 1 amide bonds. The summed E-state index contributed by atoms with van der Waals surface area (Å²) in [6.45, 7) is 4.14. The maximum absolute atomic E-state index is 12.2. The lowest BCUT2D eigenvalue weighted by Gasteiger charge is -2.15. The monoisotopic (exact) mass is 411 g/mol. The Morgan fingerprint density at radius 1 is 1.07 bits per heavy atom. The highest BCUT2D eigenvalue weighted by Gasteiger charge is 2.18. The second kappa shape index (κ2) is 9.70. The summed E-state index contributed by atoms with van der Waals surface area (Å²) < 4.78 is 2.05. The number of aryl methyl sites for hydroxylation is 1. The smallest absolute Gasteiger partial charge is 0.252 e. The lowest BCUT2D eigenvalue weighted by atomic mass is 10.1. The zero-order chi connectivity index (χ0) is 20.8. The third kappa shape index (κ3) is 5.04. The molecule has 6 heteroatoms. The summed E-state index contributed by atoms with van der Waals surface area (Å²) in [5.41, 5.74) is 2.42. The molecule has 0 aliphatic heterocycles.